The largest absolute Gasteiger partial charge is 0.366 e. The summed E-state index contributed by atoms with van der Waals surface area (Å²) in [6.45, 7) is 4.19. The molecule has 1 heterocycles. The van der Waals surface area contributed by atoms with E-state index in [0.29, 0.717) is 29.5 Å². The van der Waals surface area contributed by atoms with Crippen LogP contribution in [0.5, 0.6) is 0 Å². The summed E-state index contributed by atoms with van der Waals surface area (Å²) in [6.07, 6.45) is 2.85. The monoisotopic (exact) mass is 289 g/mol. The van der Waals surface area contributed by atoms with E-state index < -0.39 is 5.91 Å². The number of carbonyl (C=O) groups is 2. The van der Waals surface area contributed by atoms with Crippen molar-refractivity contribution in [1.82, 2.24) is 5.32 Å². The molecule has 1 saturated heterocycles. The number of hydrogen-bond donors (Lipinski definition) is 3. The van der Waals surface area contributed by atoms with E-state index in [1.165, 1.54) is 12.8 Å². The second-order valence-electron chi connectivity index (χ2n) is 5.78. The molecule has 0 radical (unpaired) electrons. The van der Waals surface area contributed by atoms with Gasteiger partial charge in [-0.1, -0.05) is 13.0 Å². The molecule has 1 aliphatic heterocycles. The Labute approximate surface area is 125 Å². The summed E-state index contributed by atoms with van der Waals surface area (Å²) in [6, 6.07) is 6.71. The maximum atomic E-state index is 12.1. The number of amides is 2. The molecule has 0 bridgehead atoms. The standard InChI is InChI=1S/C16H23N3O2/c1-11(13-5-3-7-18-10-13)8-15(20)19-14-6-2-4-12(9-14)16(17)21/h2,4,6,9,11,13,18H,3,5,7-8,10H2,1H3,(H2,17,21)(H,19,20). The highest BCUT2D eigenvalue weighted by Crippen LogP contribution is 2.23. The van der Waals surface area contributed by atoms with E-state index in [2.05, 4.69) is 17.6 Å². The van der Waals surface area contributed by atoms with Crippen LogP contribution in [0.15, 0.2) is 24.3 Å². The lowest BCUT2D eigenvalue weighted by Crippen LogP contribution is -2.34. The van der Waals surface area contributed by atoms with Crippen LogP contribution in [0.3, 0.4) is 0 Å². The van der Waals surface area contributed by atoms with Crippen molar-refractivity contribution in [3.8, 4) is 0 Å². The predicted octanol–water partition coefficient (Wildman–Crippen LogP) is 1.75. The van der Waals surface area contributed by atoms with Crippen molar-refractivity contribution < 1.29 is 9.59 Å². The summed E-state index contributed by atoms with van der Waals surface area (Å²) in [7, 11) is 0. The Bertz CT molecular complexity index is 510. The normalized spacial score (nSPS) is 19.8. The first-order valence-corrected chi connectivity index (χ1v) is 7.46. The van der Waals surface area contributed by atoms with Gasteiger partial charge in [-0.2, -0.15) is 0 Å². The number of anilines is 1. The molecule has 1 fully saturated rings. The molecule has 21 heavy (non-hydrogen) atoms. The minimum atomic E-state index is -0.493. The average Bonchev–Trinajstić information content (AvgIpc) is 2.48. The van der Waals surface area contributed by atoms with E-state index in [1.54, 1.807) is 24.3 Å². The quantitative estimate of drug-likeness (QED) is 0.772. The fourth-order valence-corrected chi connectivity index (χ4v) is 2.79. The van der Waals surface area contributed by atoms with Gasteiger partial charge in [0.25, 0.3) is 0 Å². The van der Waals surface area contributed by atoms with Gasteiger partial charge in [0.2, 0.25) is 11.8 Å². The molecule has 2 rings (SSSR count). The zero-order valence-electron chi connectivity index (χ0n) is 12.4. The van der Waals surface area contributed by atoms with E-state index in [0.717, 1.165) is 13.1 Å². The number of hydrogen-bond acceptors (Lipinski definition) is 3. The van der Waals surface area contributed by atoms with Crippen molar-refractivity contribution in [2.45, 2.75) is 26.2 Å². The van der Waals surface area contributed by atoms with E-state index in [4.69, 9.17) is 5.73 Å². The van der Waals surface area contributed by atoms with Crippen molar-refractivity contribution in [3.63, 3.8) is 0 Å². The summed E-state index contributed by atoms with van der Waals surface area (Å²) in [5, 5.41) is 6.22. The molecule has 5 heteroatoms. The molecule has 2 atom stereocenters. The second kappa shape index (κ2) is 7.22. The summed E-state index contributed by atoms with van der Waals surface area (Å²) in [5.74, 6) is 0.390. The molecule has 5 nitrogen and oxygen atoms in total. The molecule has 1 aromatic rings. The van der Waals surface area contributed by atoms with Crippen molar-refractivity contribution in [3.05, 3.63) is 29.8 Å². The van der Waals surface area contributed by atoms with Gasteiger partial charge in [0.15, 0.2) is 0 Å². The fourth-order valence-electron chi connectivity index (χ4n) is 2.79. The van der Waals surface area contributed by atoms with Crippen molar-refractivity contribution in [1.29, 1.82) is 0 Å². The third-order valence-corrected chi connectivity index (χ3v) is 4.08. The minimum absolute atomic E-state index is 0.0188. The van der Waals surface area contributed by atoms with Gasteiger partial charge in [0.05, 0.1) is 0 Å². The Hall–Kier alpha value is -1.88. The molecule has 0 aromatic heterocycles. The van der Waals surface area contributed by atoms with E-state index in [1.807, 2.05) is 0 Å². The summed E-state index contributed by atoms with van der Waals surface area (Å²) in [4.78, 5) is 23.2. The van der Waals surface area contributed by atoms with E-state index in [9.17, 15) is 9.59 Å². The Morgan fingerprint density at radius 1 is 1.48 bits per heavy atom. The summed E-state index contributed by atoms with van der Waals surface area (Å²) < 4.78 is 0. The summed E-state index contributed by atoms with van der Waals surface area (Å²) >= 11 is 0. The molecular formula is C16H23N3O2. The number of rotatable bonds is 5. The van der Waals surface area contributed by atoms with Gasteiger partial charge in [-0.15, -0.1) is 0 Å². The zero-order valence-corrected chi connectivity index (χ0v) is 12.4. The summed E-state index contributed by atoms with van der Waals surface area (Å²) in [5.41, 5.74) is 6.25. The first-order chi connectivity index (χ1) is 10.1. The number of benzene rings is 1. The number of nitrogens with one attached hydrogen (secondary N) is 2. The van der Waals surface area contributed by atoms with Gasteiger partial charge >= 0.3 is 0 Å². The van der Waals surface area contributed by atoms with Gasteiger partial charge in [-0.3, -0.25) is 9.59 Å². The molecule has 2 amide bonds. The van der Waals surface area contributed by atoms with Gasteiger partial charge in [0, 0.05) is 17.7 Å². The Balaban J connectivity index is 1.89. The zero-order chi connectivity index (χ0) is 15.2. The van der Waals surface area contributed by atoms with Crippen LogP contribution in [0.25, 0.3) is 0 Å². The van der Waals surface area contributed by atoms with Gasteiger partial charge < -0.3 is 16.4 Å². The van der Waals surface area contributed by atoms with Crippen LogP contribution in [0.4, 0.5) is 5.69 Å². The lowest BCUT2D eigenvalue weighted by Gasteiger charge is -2.28. The van der Waals surface area contributed by atoms with E-state index in [-0.39, 0.29) is 5.91 Å². The maximum Gasteiger partial charge on any atom is 0.248 e. The molecule has 0 spiro atoms. The highest BCUT2D eigenvalue weighted by molar-refractivity contribution is 5.96. The maximum absolute atomic E-state index is 12.1. The average molecular weight is 289 g/mol. The third-order valence-electron chi connectivity index (χ3n) is 4.08. The molecular weight excluding hydrogens is 266 g/mol. The third kappa shape index (κ3) is 4.56. The number of carbonyl (C=O) groups excluding carboxylic acids is 2. The Kier molecular flexibility index (Phi) is 5.33. The van der Waals surface area contributed by atoms with Crippen LogP contribution in [0.2, 0.25) is 0 Å². The van der Waals surface area contributed by atoms with Crippen LogP contribution >= 0.6 is 0 Å². The van der Waals surface area contributed by atoms with Crippen molar-refractivity contribution in [2.75, 3.05) is 18.4 Å². The Morgan fingerprint density at radius 3 is 2.95 bits per heavy atom. The molecule has 114 valence electrons. The van der Waals surface area contributed by atoms with E-state index >= 15 is 0 Å². The molecule has 0 saturated carbocycles. The lowest BCUT2D eigenvalue weighted by atomic mass is 9.85. The van der Waals surface area contributed by atoms with Crippen LogP contribution in [0.1, 0.15) is 36.5 Å². The fraction of sp³-hybridized carbons (Fsp3) is 0.500. The first-order valence-electron chi connectivity index (χ1n) is 7.46. The van der Waals surface area contributed by atoms with Gasteiger partial charge in [0.1, 0.15) is 0 Å². The first kappa shape index (κ1) is 15.5. The van der Waals surface area contributed by atoms with Gasteiger partial charge in [-0.05, 0) is 56.0 Å². The molecule has 4 N–H and O–H groups in total. The Morgan fingerprint density at radius 2 is 2.29 bits per heavy atom. The van der Waals surface area contributed by atoms with Crippen LogP contribution in [-0.4, -0.2) is 24.9 Å². The molecule has 1 aliphatic rings. The van der Waals surface area contributed by atoms with Crippen molar-refractivity contribution in [2.24, 2.45) is 17.6 Å². The smallest absolute Gasteiger partial charge is 0.248 e. The van der Waals surface area contributed by atoms with Gasteiger partial charge in [-0.25, -0.2) is 0 Å². The molecule has 1 aromatic carbocycles. The number of primary amides is 1. The van der Waals surface area contributed by atoms with Crippen LogP contribution in [-0.2, 0) is 4.79 Å². The minimum Gasteiger partial charge on any atom is -0.366 e. The highest BCUT2D eigenvalue weighted by Gasteiger charge is 2.22. The van der Waals surface area contributed by atoms with Crippen LogP contribution < -0.4 is 16.4 Å². The lowest BCUT2D eigenvalue weighted by molar-refractivity contribution is -0.117. The van der Waals surface area contributed by atoms with Crippen LogP contribution in [0, 0.1) is 11.8 Å². The SMILES string of the molecule is CC(CC(=O)Nc1cccc(C(N)=O)c1)C1CCCNC1. The number of nitrogens with two attached hydrogens (primary N) is 1. The molecule has 2 unspecified atom stereocenters. The van der Waals surface area contributed by atoms with Crippen molar-refractivity contribution >= 4 is 17.5 Å². The number of piperidine rings is 1. The predicted molar refractivity (Wildman–Crippen MR) is 83.0 cm³/mol. The second-order valence-corrected chi connectivity index (χ2v) is 5.78. The topological polar surface area (TPSA) is 84.2 Å². The molecule has 0 aliphatic carbocycles. The highest BCUT2D eigenvalue weighted by atomic mass is 16.2.